The molecular formula is C27H30N2O3S. The topological polar surface area (TPSA) is 52.8 Å². The molecule has 3 aromatic carbocycles. The summed E-state index contributed by atoms with van der Waals surface area (Å²) in [6, 6.07) is 19.8. The molecule has 1 aromatic heterocycles. The fourth-order valence-electron chi connectivity index (χ4n) is 3.81. The first-order chi connectivity index (χ1) is 16.2. The zero-order valence-corrected chi connectivity index (χ0v) is 20.1. The second-order valence-electron chi connectivity index (χ2n) is 7.87. The van der Waals surface area contributed by atoms with Gasteiger partial charge < -0.3 is 14.0 Å². The van der Waals surface area contributed by atoms with Gasteiger partial charge in [-0.05, 0) is 43.0 Å². The van der Waals surface area contributed by atoms with E-state index in [0.29, 0.717) is 42.5 Å². The number of nitrogens with zero attached hydrogens (tertiary/aromatic N) is 2. The molecule has 1 heterocycles. The summed E-state index contributed by atoms with van der Waals surface area (Å²) in [5.74, 6) is 0.439. The zero-order chi connectivity index (χ0) is 23.0. The van der Waals surface area contributed by atoms with Crippen LogP contribution in [0.1, 0.15) is 43.5 Å². The molecule has 6 heteroatoms. The van der Waals surface area contributed by atoms with Crippen molar-refractivity contribution in [1.29, 1.82) is 0 Å². The third-order valence-electron chi connectivity index (χ3n) is 5.53. The number of aromatic nitrogens is 1. The summed E-state index contributed by atoms with van der Waals surface area (Å²) in [6.07, 6.45) is 3.29. The molecule has 0 aliphatic carbocycles. The minimum atomic E-state index is -0.268. The van der Waals surface area contributed by atoms with Gasteiger partial charge in [-0.2, -0.15) is 4.99 Å². The van der Waals surface area contributed by atoms with E-state index in [0.717, 1.165) is 29.5 Å². The number of benzene rings is 3. The molecule has 0 saturated heterocycles. The molecule has 1 amide bonds. The lowest BCUT2D eigenvalue weighted by Crippen LogP contribution is -2.19. The highest BCUT2D eigenvalue weighted by Gasteiger charge is 2.12. The van der Waals surface area contributed by atoms with Crippen LogP contribution in [0.3, 0.4) is 0 Å². The van der Waals surface area contributed by atoms with E-state index in [1.165, 1.54) is 10.8 Å². The average molecular weight is 463 g/mol. The minimum Gasteiger partial charge on any atom is -0.494 e. The van der Waals surface area contributed by atoms with Crippen LogP contribution in [0.4, 0.5) is 0 Å². The molecule has 0 radical (unpaired) electrons. The number of rotatable bonds is 10. The number of fused-ring (bicyclic) bond motifs is 3. The van der Waals surface area contributed by atoms with Gasteiger partial charge in [0.05, 0.1) is 23.4 Å². The third-order valence-corrected chi connectivity index (χ3v) is 6.66. The highest BCUT2D eigenvalue weighted by Crippen LogP contribution is 2.27. The lowest BCUT2D eigenvalue weighted by molar-refractivity contribution is 0.0996. The first-order valence-electron chi connectivity index (χ1n) is 11.6. The maximum atomic E-state index is 13.1. The highest BCUT2D eigenvalue weighted by atomic mass is 32.1. The second-order valence-corrected chi connectivity index (χ2v) is 8.85. The van der Waals surface area contributed by atoms with Gasteiger partial charge in [0.15, 0.2) is 4.80 Å². The van der Waals surface area contributed by atoms with E-state index >= 15 is 0 Å². The molecule has 5 nitrogen and oxygen atoms in total. The van der Waals surface area contributed by atoms with Crippen molar-refractivity contribution in [2.24, 2.45) is 4.99 Å². The Morgan fingerprint density at radius 3 is 2.73 bits per heavy atom. The van der Waals surface area contributed by atoms with Crippen LogP contribution >= 0.6 is 11.3 Å². The Balaban J connectivity index is 1.70. The highest BCUT2D eigenvalue weighted by molar-refractivity contribution is 7.17. The fourth-order valence-corrected chi connectivity index (χ4v) is 5.00. The van der Waals surface area contributed by atoms with Crippen LogP contribution in [0.15, 0.2) is 65.7 Å². The maximum Gasteiger partial charge on any atom is 0.279 e. The molecule has 0 atom stereocenters. The summed E-state index contributed by atoms with van der Waals surface area (Å²) in [5, 5.41) is 2.34. The normalized spacial score (nSPS) is 12.0. The van der Waals surface area contributed by atoms with Gasteiger partial charge in [0.25, 0.3) is 5.91 Å². The molecule has 0 fully saturated rings. The molecule has 0 aliphatic rings. The van der Waals surface area contributed by atoms with Gasteiger partial charge in [-0.1, -0.05) is 67.5 Å². The van der Waals surface area contributed by atoms with Gasteiger partial charge in [-0.15, -0.1) is 0 Å². The molecule has 0 saturated carbocycles. The first-order valence-corrected chi connectivity index (χ1v) is 12.4. The number of thiazole rings is 1. The lowest BCUT2D eigenvalue weighted by atomic mass is 10.1. The quantitative estimate of drug-likeness (QED) is 0.264. The standard InChI is InChI=1S/C27H30N2O3S/c1-3-5-8-17-32-22-12-9-11-21(19-22)26(30)28-27-29(16-18-31-4-2)24-15-14-20-10-6-7-13-23(20)25(24)33-27/h6-7,9-15,19H,3-5,8,16-18H2,1-2H3. The fraction of sp³-hybridized carbons (Fsp3) is 0.333. The molecule has 33 heavy (non-hydrogen) atoms. The van der Waals surface area contributed by atoms with E-state index in [-0.39, 0.29) is 5.91 Å². The van der Waals surface area contributed by atoms with Crippen LogP contribution < -0.4 is 9.54 Å². The number of ether oxygens (including phenoxy) is 2. The largest absolute Gasteiger partial charge is 0.494 e. The Bertz CT molecular complexity index is 1310. The van der Waals surface area contributed by atoms with Crippen molar-refractivity contribution in [1.82, 2.24) is 4.57 Å². The van der Waals surface area contributed by atoms with E-state index in [2.05, 4.69) is 40.7 Å². The number of hydrogen-bond donors (Lipinski definition) is 0. The van der Waals surface area contributed by atoms with Crippen LogP contribution in [0.25, 0.3) is 21.0 Å². The predicted molar refractivity (Wildman–Crippen MR) is 135 cm³/mol. The zero-order valence-electron chi connectivity index (χ0n) is 19.3. The first kappa shape index (κ1) is 23.2. The number of unbranched alkanes of at least 4 members (excludes halogenated alkanes) is 2. The second kappa shape index (κ2) is 11.3. The molecule has 0 aliphatic heterocycles. The summed E-state index contributed by atoms with van der Waals surface area (Å²) >= 11 is 1.55. The van der Waals surface area contributed by atoms with Crippen LogP contribution in [0, 0.1) is 0 Å². The number of carbonyl (C=O) groups is 1. The Morgan fingerprint density at radius 1 is 1.00 bits per heavy atom. The van der Waals surface area contributed by atoms with Crippen molar-refractivity contribution in [2.75, 3.05) is 19.8 Å². The van der Waals surface area contributed by atoms with Gasteiger partial charge in [-0.3, -0.25) is 4.79 Å². The molecule has 0 N–H and O–H groups in total. The Hall–Kier alpha value is -2.96. The number of amides is 1. The van der Waals surface area contributed by atoms with Crippen molar-refractivity contribution in [2.45, 2.75) is 39.7 Å². The maximum absolute atomic E-state index is 13.1. The molecule has 4 rings (SSSR count). The van der Waals surface area contributed by atoms with E-state index in [4.69, 9.17) is 9.47 Å². The summed E-state index contributed by atoms with van der Waals surface area (Å²) < 4.78 is 14.6. The predicted octanol–water partition coefficient (Wildman–Crippen LogP) is 6.20. The number of carbonyl (C=O) groups excluding carboxylic acids is 1. The summed E-state index contributed by atoms with van der Waals surface area (Å²) in [7, 11) is 0. The molecule has 172 valence electrons. The molecule has 0 bridgehead atoms. The minimum absolute atomic E-state index is 0.268. The van der Waals surface area contributed by atoms with Crippen LogP contribution in [0.2, 0.25) is 0 Å². The van der Waals surface area contributed by atoms with Crippen molar-refractivity contribution < 1.29 is 14.3 Å². The van der Waals surface area contributed by atoms with Crippen molar-refractivity contribution in [3.05, 3.63) is 71.0 Å². The summed E-state index contributed by atoms with van der Waals surface area (Å²) in [5.41, 5.74) is 1.60. The van der Waals surface area contributed by atoms with Crippen molar-refractivity contribution in [3.63, 3.8) is 0 Å². The van der Waals surface area contributed by atoms with Crippen LogP contribution in [-0.2, 0) is 11.3 Å². The smallest absolute Gasteiger partial charge is 0.279 e. The molecule has 0 unspecified atom stereocenters. The van der Waals surface area contributed by atoms with E-state index < -0.39 is 0 Å². The summed E-state index contributed by atoms with van der Waals surface area (Å²) in [4.78, 5) is 18.3. The van der Waals surface area contributed by atoms with Crippen LogP contribution in [0.5, 0.6) is 5.75 Å². The Morgan fingerprint density at radius 2 is 1.88 bits per heavy atom. The average Bonchev–Trinajstić information content (AvgIpc) is 3.19. The van der Waals surface area contributed by atoms with Gasteiger partial charge in [0.1, 0.15) is 5.75 Å². The van der Waals surface area contributed by atoms with Crippen molar-refractivity contribution >= 4 is 38.2 Å². The van der Waals surface area contributed by atoms with E-state index in [1.54, 1.807) is 23.5 Å². The summed E-state index contributed by atoms with van der Waals surface area (Å²) in [6.45, 7) is 6.66. The molecule has 4 aromatic rings. The molecule has 0 spiro atoms. The van der Waals surface area contributed by atoms with E-state index in [1.807, 2.05) is 31.2 Å². The van der Waals surface area contributed by atoms with Gasteiger partial charge in [0.2, 0.25) is 0 Å². The Kier molecular flexibility index (Phi) is 7.92. The Labute approximate surface area is 198 Å². The van der Waals surface area contributed by atoms with Gasteiger partial charge in [-0.25, -0.2) is 0 Å². The van der Waals surface area contributed by atoms with Gasteiger partial charge in [0, 0.05) is 24.1 Å². The number of hydrogen-bond acceptors (Lipinski definition) is 4. The third kappa shape index (κ3) is 5.52. The van der Waals surface area contributed by atoms with E-state index in [9.17, 15) is 4.79 Å². The molecular weight excluding hydrogens is 432 g/mol. The van der Waals surface area contributed by atoms with Gasteiger partial charge >= 0.3 is 0 Å². The monoisotopic (exact) mass is 462 g/mol. The lowest BCUT2D eigenvalue weighted by Gasteiger charge is -2.07. The van der Waals surface area contributed by atoms with Crippen molar-refractivity contribution in [3.8, 4) is 5.75 Å². The SMILES string of the molecule is CCCCCOc1cccc(C(=O)N=c2sc3c4ccccc4ccc3n2CCOCC)c1. The van der Waals surface area contributed by atoms with Crippen LogP contribution in [-0.4, -0.2) is 30.3 Å².